The summed E-state index contributed by atoms with van der Waals surface area (Å²) in [5.41, 5.74) is 2.07. The SMILES string of the molecule is COc1cc2nccc(Oc3ccc(-c4cc(C(OC(C)=O)c5ccccc5)cc(=O)[nH]4)cc3F)c2cc1OC. The van der Waals surface area contributed by atoms with Gasteiger partial charge in [0.15, 0.2) is 29.2 Å². The summed E-state index contributed by atoms with van der Waals surface area (Å²) in [4.78, 5) is 31.5. The highest BCUT2D eigenvalue weighted by atomic mass is 19.1. The standard InChI is InChI=1S/C31H25FN2O6/c1-18(35)39-31(19-7-5-4-6-8-19)21-14-24(34-30(36)15-21)20-9-10-27(23(32)13-20)40-26-11-12-33-25-17-29(38-3)28(37-2)16-22(25)26/h4-17,31H,1-3H3,(H,34,36). The number of hydrogen-bond acceptors (Lipinski definition) is 7. The Morgan fingerprint density at radius 1 is 0.850 bits per heavy atom. The molecule has 9 heteroatoms. The van der Waals surface area contributed by atoms with E-state index in [1.807, 2.05) is 18.2 Å². The lowest BCUT2D eigenvalue weighted by Gasteiger charge is -2.18. The molecule has 2 heterocycles. The van der Waals surface area contributed by atoms with Crippen LogP contribution in [0.15, 0.2) is 89.9 Å². The maximum Gasteiger partial charge on any atom is 0.303 e. The Labute approximate surface area is 228 Å². The molecule has 2 aromatic heterocycles. The molecule has 40 heavy (non-hydrogen) atoms. The van der Waals surface area contributed by atoms with Crippen molar-refractivity contribution < 1.29 is 28.1 Å². The third kappa shape index (κ3) is 5.49. The Kier molecular flexibility index (Phi) is 7.46. The smallest absolute Gasteiger partial charge is 0.303 e. The molecule has 8 nitrogen and oxygen atoms in total. The minimum Gasteiger partial charge on any atom is -0.493 e. The van der Waals surface area contributed by atoms with Crippen LogP contribution >= 0.6 is 0 Å². The van der Waals surface area contributed by atoms with Gasteiger partial charge in [-0.05, 0) is 42.0 Å². The number of nitrogens with zero attached hydrogens (tertiary/aromatic N) is 1. The van der Waals surface area contributed by atoms with Crippen molar-refractivity contribution in [2.75, 3.05) is 14.2 Å². The lowest BCUT2D eigenvalue weighted by Crippen LogP contribution is -2.15. The quantitative estimate of drug-likeness (QED) is 0.234. The van der Waals surface area contributed by atoms with Gasteiger partial charge >= 0.3 is 5.97 Å². The molecule has 0 radical (unpaired) electrons. The van der Waals surface area contributed by atoms with Gasteiger partial charge in [0.05, 0.1) is 19.7 Å². The van der Waals surface area contributed by atoms with Crippen LogP contribution in [0.25, 0.3) is 22.2 Å². The number of ether oxygens (including phenoxy) is 4. The number of aromatic amines is 1. The summed E-state index contributed by atoms with van der Waals surface area (Å²) in [6, 6.07) is 21.5. The summed E-state index contributed by atoms with van der Waals surface area (Å²) in [5, 5.41) is 0.609. The first-order valence-electron chi connectivity index (χ1n) is 12.3. The fourth-order valence-corrected chi connectivity index (χ4v) is 4.40. The Bertz CT molecular complexity index is 1750. The van der Waals surface area contributed by atoms with E-state index < -0.39 is 23.4 Å². The van der Waals surface area contributed by atoms with Crippen LogP contribution in [0.5, 0.6) is 23.0 Å². The van der Waals surface area contributed by atoms with Gasteiger partial charge in [-0.3, -0.25) is 14.6 Å². The summed E-state index contributed by atoms with van der Waals surface area (Å²) in [6.07, 6.45) is 0.751. The van der Waals surface area contributed by atoms with Crippen LogP contribution in [0.1, 0.15) is 24.2 Å². The number of carbonyl (C=O) groups is 1. The highest BCUT2D eigenvalue weighted by molar-refractivity contribution is 5.88. The van der Waals surface area contributed by atoms with Crippen LogP contribution in [-0.4, -0.2) is 30.2 Å². The zero-order chi connectivity index (χ0) is 28.2. The molecule has 0 saturated carbocycles. The largest absolute Gasteiger partial charge is 0.493 e. The van der Waals surface area contributed by atoms with Gasteiger partial charge in [0, 0.05) is 47.5 Å². The van der Waals surface area contributed by atoms with Crippen molar-refractivity contribution in [1.82, 2.24) is 9.97 Å². The lowest BCUT2D eigenvalue weighted by molar-refractivity contribution is -0.144. The number of nitrogens with one attached hydrogen (secondary N) is 1. The van der Waals surface area contributed by atoms with Crippen LogP contribution in [0.3, 0.4) is 0 Å². The Morgan fingerprint density at radius 2 is 1.60 bits per heavy atom. The molecule has 202 valence electrons. The van der Waals surface area contributed by atoms with E-state index in [0.29, 0.717) is 50.5 Å². The maximum atomic E-state index is 15.3. The van der Waals surface area contributed by atoms with Crippen molar-refractivity contribution in [2.45, 2.75) is 13.0 Å². The fraction of sp³-hybridized carbons (Fsp3) is 0.129. The monoisotopic (exact) mass is 540 g/mol. The number of methoxy groups -OCH3 is 2. The highest BCUT2D eigenvalue weighted by Crippen LogP contribution is 2.38. The van der Waals surface area contributed by atoms with Gasteiger partial charge in [-0.25, -0.2) is 4.39 Å². The van der Waals surface area contributed by atoms with E-state index in [9.17, 15) is 9.59 Å². The fourth-order valence-electron chi connectivity index (χ4n) is 4.40. The van der Waals surface area contributed by atoms with E-state index >= 15 is 4.39 Å². The summed E-state index contributed by atoms with van der Waals surface area (Å²) in [7, 11) is 3.05. The summed E-state index contributed by atoms with van der Waals surface area (Å²) < 4.78 is 37.5. The molecule has 0 fully saturated rings. The minimum atomic E-state index is -0.803. The number of aromatic nitrogens is 2. The number of fused-ring (bicyclic) bond motifs is 1. The molecule has 0 bridgehead atoms. The highest BCUT2D eigenvalue weighted by Gasteiger charge is 2.20. The summed E-state index contributed by atoms with van der Waals surface area (Å²) in [5.74, 6) is 0.202. The average molecular weight is 541 g/mol. The zero-order valence-corrected chi connectivity index (χ0v) is 21.9. The maximum absolute atomic E-state index is 15.3. The van der Waals surface area contributed by atoms with Crippen molar-refractivity contribution in [1.29, 1.82) is 0 Å². The lowest BCUT2D eigenvalue weighted by atomic mass is 10.00. The summed E-state index contributed by atoms with van der Waals surface area (Å²) >= 11 is 0. The van der Waals surface area contributed by atoms with Crippen LogP contribution in [0.4, 0.5) is 4.39 Å². The third-order valence-electron chi connectivity index (χ3n) is 6.23. The molecule has 0 aliphatic heterocycles. The first-order valence-corrected chi connectivity index (χ1v) is 12.3. The van der Waals surface area contributed by atoms with Crippen LogP contribution in [0, 0.1) is 5.82 Å². The number of hydrogen-bond donors (Lipinski definition) is 1. The van der Waals surface area contributed by atoms with Crippen molar-refractivity contribution in [3.05, 3.63) is 112 Å². The van der Waals surface area contributed by atoms with E-state index in [4.69, 9.17) is 18.9 Å². The molecule has 0 amide bonds. The molecule has 1 unspecified atom stereocenters. The molecule has 3 aromatic carbocycles. The predicted molar refractivity (Wildman–Crippen MR) is 147 cm³/mol. The Morgan fingerprint density at radius 3 is 2.30 bits per heavy atom. The van der Waals surface area contributed by atoms with Gasteiger partial charge in [-0.1, -0.05) is 30.3 Å². The Balaban J connectivity index is 1.49. The van der Waals surface area contributed by atoms with Gasteiger partial charge in [-0.2, -0.15) is 0 Å². The molecule has 0 aliphatic rings. The van der Waals surface area contributed by atoms with Gasteiger partial charge in [0.1, 0.15) is 5.75 Å². The number of H-pyrrole nitrogens is 1. The predicted octanol–water partition coefficient (Wildman–Crippen LogP) is 6.19. The number of rotatable bonds is 8. The van der Waals surface area contributed by atoms with E-state index in [2.05, 4.69) is 9.97 Å². The van der Waals surface area contributed by atoms with E-state index in [-0.39, 0.29) is 5.75 Å². The molecular weight excluding hydrogens is 515 g/mol. The van der Waals surface area contributed by atoms with Gasteiger partial charge < -0.3 is 23.9 Å². The summed E-state index contributed by atoms with van der Waals surface area (Å²) in [6.45, 7) is 1.30. The van der Waals surface area contributed by atoms with Crippen molar-refractivity contribution in [2.24, 2.45) is 0 Å². The number of pyridine rings is 2. The molecular formula is C31H25FN2O6. The molecule has 5 rings (SSSR count). The zero-order valence-electron chi connectivity index (χ0n) is 21.9. The van der Waals surface area contributed by atoms with E-state index in [0.717, 1.165) is 0 Å². The molecule has 0 saturated heterocycles. The van der Waals surface area contributed by atoms with Crippen LogP contribution in [-0.2, 0) is 9.53 Å². The van der Waals surface area contributed by atoms with Gasteiger partial charge in [0.2, 0.25) is 5.56 Å². The molecule has 0 aliphatic carbocycles. The number of benzene rings is 3. The molecule has 1 atom stereocenters. The van der Waals surface area contributed by atoms with Crippen LogP contribution in [0.2, 0.25) is 0 Å². The van der Waals surface area contributed by atoms with Crippen molar-refractivity contribution >= 4 is 16.9 Å². The molecule has 0 spiro atoms. The van der Waals surface area contributed by atoms with E-state index in [1.54, 1.807) is 48.7 Å². The second kappa shape index (κ2) is 11.3. The molecule has 5 aromatic rings. The first-order chi connectivity index (χ1) is 19.4. The number of esters is 1. The minimum absolute atomic E-state index is 0.0217. The second-order valence-corrected chi connectivity index (χ2v) is 8.87. The van der Waals surface area contributed by atoms with Gasteiger partial charge in [-0.15, -0.1) is 0 Å². The molecule has 1 N–H and O–H groups in total. The average Bonchev–Trinajstić information content (AvgIpc) is 2.96. The Hall–Kier alpha value is -5.18. The number of carbonyl (C=O) groups excluding carboxylic acids is 1. The number of halogens is 1. The second-order valence-electron chi connectivity index (χ2n) is 8.87. The topological polar surface area (TPSA) is 99.7 Å². The van der Waals surface area contributed by atoms with Gasteiger partial charge in [0.25, 0.3) is 0 Å². The third-order valence-corrected chi connectivity index (χ3v) is 6.23. The van der Waals surface area contributed by atoms with Crippen molar-refractivity contribution in [3.8, 4) is 34.3 Å². The van der Waals surface area contributed by atoms with Crippen molar-refractivity contribution in [3.63, 3.8) is 0 Å². The normalized spacial score (nSPS) is 11.6. The van der Waals surface area contributed by atoms with Crippen LogP contribution < -0.4 is 19.8 Å². The van der Waals surface area contributed by atoms with E-state index in [1.165, 1.54) is 39.3 Å². The first kappa shape index (κ1) is 26.4.